The third-order valence-corrected chi connectivity index (χ3v) is 3.08. The third kappa shape index (κ3) is 1.95. The molecule has 1 atom stereocenters. The maximum absolute atomic E-state index is 11.6. The zero-order chi connectivity index (χ0) is 12.4. The van der Waals surface area contributed by atoms with Crippen molar-refractivity contribution < 1.29 is 19.0 Å². The van der Waals surface area contributed by atoms with Crippen molar-refractivity contribution in [1.29, 1.82) is 0 Å². The molecule has 0 aliphatic carbocycles. The van der Waals surface area contributed by atoms with Crippen molar-refractivity contribution in [3.8, 4) is 11.5 Å². The first-order valence-electron chi connectivity index (χ1n) is 5.62. The van der Waals surface area contributed by atoms with E-state index in [-0.39, 0.29) is 11.9 Å². The summed E-state index contributed by atoms with van der Waals surface area (Å²) in [6.07, 6.45) is 0.724. The van der Waals surface area contributed by atoms with Crippen LogP contribution in [-0.2, 0) is 16.1 Å². The molecule has 0 saturated carbocycles. The number of methoxy groups -OCH3 is 2. The first-order valence-corrected chi connectivity index (χ1v) is 5.62. The van der Waals surface area contributed by atoms with Crippen LogP contribution in [0.2, 0.25) is 0 Å². The molecule has 92 valence electrons. The normalized spacial score (nSPS) is 18.3. The maximum atomic E-state index is 11.6. The van der Waals surface area contributed by atoms with E-state index in [2.05, 4.69) is 0 Å². The molecule has 0 amide bonds. The molecule has 0 aromatic heterocycles. The molecular weight excluding hydrogens is 220 g/mol. The van der Waals surface area contributed by atoms with Gasteiger partial charge < -0.3 is 14.2 Å². The van der Waals surface area contributed by atoms with Crippen molar-refractivity contribution in [3.05, 3.63) is 23.3 Å². The van der Waals surface area contributed by atoms with E-state index in [0.29, 0.717) is 18.1 Å². The van der Waals surface area contributed by atoms with Crippen LogP contribution < -0.4 is 9.47 Å². The lowest BCUT2D eigenvalue weighted by Crippen LogP contribution is -2.22. The van der Waals surface area contributed by atoms with Gasteiger partial charge in [0.2, 0.25) is 0 Å². The number of carbonyl (C=O) groups excluding carboxylic acids is 1. The van der Waals surface area contributed by atoms with Crippen LogP contribution in [0.5, 0.6) is 11.5 Å². The molecular formula is C13H16O4. The second-order valence-corrected chi connectivity index (χ2v) is 3.97. The van der Waals surface area contributed by atoms with Crippen molar-refractivity contribution >= 4 is 5.97 Å². The molecule has 2 rings (SSSR count). The third-order valence-electron chi connectivity index (χ3n) is 3.08. The monoisotopic (exact) mass is 236 g/mol. The minimum Gasteiger partial charge on any atom is -0.493 e. The Balaban J connectivity index is 2.52. The standard InChI is InChI=1S/C13H16O4/c1-4-9-10-6-12(16-3)11(15-2)5-8(10)7-17-13(9)14/h5-6,9H,4,7H2,1-3H3. The van der Waals surface area contributed by atoms with E-state index in [0.717, 1.165) is 17.5 Å². The number of fused-ring (bicyclic) bond motifs is 1. The summed E-state index contributed by atoms with van der Waals surface area (Å²) < 4.78 is 15.6. The van der Waals surface area contributed by atoms with Gasteiger partial charge >= 0.3 is 5.97 Å². The summed E-state index contributed by atoms with van der Waals surface area (Å²) in [5.74, 6) is 0.962. The Kier molecular flexibility index (Phi) is 3.22. The van der Waals surface area contributed by atoms with Crippen LogP contribution in [0.15, 0.2) is 12.1 Å². The van der Waals surface area contributed by atoms with Gasteiger partial charge in [0, 0.05) is 0 Å². The van der Waals surface area contributed by atoms with Crippen LogP contribution in [-0.4, -0.2) is 20.2 Å². The molecule has 0 saturated heterocycles. The molecule has 0 fully saturated rings. The average Bonchev–Trinajstić information content (AvgIpc) is 2.37. The summed E-state index contributed by atoms with van der Waals surface area (Å²) in [4.78, 5) is 11.6. The summed E-state index contributed by atoms with van der Waals surface area (Å²) in [7, 11) is 3.18. The number of carbonyl (C=O) groups is 1. The van der Waals surface area contributed by atoms with Crippen LogP contribution in [0.3, 0.4) is 0 Å². The first-order chi connectivity index (χ1) is 8.21. The summed E-state index contributed by atoms with van der Waals surface area (Å²) in [5, 5.41) is 0. The molecule has 0 spiro atoms. The highest BCUT2D eigenvalue weighted by molar-refractivity contribution is 5.80. The molecule has 1 aromatic rings. The Morgan fingerprint density at radius 2 is 1.94 bits per heavy atom. The Labute approximate surface area is 100 Å². The lowest BCUT2D eigenvalue weighted by molar-refractivity contribution is -0.148. The van der Waals surface area contributed by atoms with Crippen LogP contribution in [0.4, 0.5) is 0 Å². The average molecular weight is 236 g/mol. The van der Waals surface area contributed by atoms with E-state index in [1.807, 2.05) is 19.1 Å². The number of hydrogen-bond acceptors (Lipinski definition) is 4. The highest BCUT2D eigenvalue weighted by atomic mass is 16.5. The zero-order valence-electron chi connectivity index (χ0n) is 10.3. The van der Waals surface area contributed by atoms with Gasteiger partial charge in [0.1, 0.15) is 6.61 Å². The first kappa shape index (κ1) is 11.8. The second kappa shape index (κ2) is 4.65. The van der Waals surface area contributed by atoms with Gasteiger partial charge in [-0.2, -0.15) is 0 Å². The van der Waals surface area contributed by atoms with Crippen LogP contribution in [0.25, 0.3) is 0 Å². The summed E-state index contributed by atoms with van der Waals surface area (Å²) in [6, 6.07) is 3.76. The fourth-order valence-electron chi connectivity index (χ4n) is 2.15. The highest BCUT2D eigenvalue weighted by Crippen LogP contribution is 2.38. The van der Waals surface area contributed by atoms with E-state index in [1.165, 1.54) is 0 Å². The van der Waals surface area contributed by atoms with Crippen LogP contribution in [0.1, 0.15) is 30.4 Å². The second-order valence-electron chi connectivity index (χ2n) is 3.97. The summed E-state index contributed by atoms with van der Waals surface area (Å²) in [5.41, 5.74) is 1.98. The Hall–Kier alpha value is -1.71. The maximum Gasteiger partial charge on any atom is 0.313 e. The largest absolute Gasteiger partial charge is 0.493 e. The van der Waals surface area contributed by atoms with Gasteiger partial charge in [0.15, 0.2) is 11.5 Å². The summed E-state index contributed by atoms with van der Waals surface area (Å²) >= 11 is 0. The van der Waals surface area contributed by atoms with Gasteiger partial charge in [-0.25, -0.2) is 0 Å². The molecule has 0 N–H and O–H groups in total. The topological polar surface area (TPSA) is 44.8 Å². The Morgan fingerprint density at radius 1 is 1.29 bits per heavy atom. The number of esters is 1. The molecule has 4 heteroatoms. The van der Waals surface area contributed by atoms with Gasteiger partial charge in [-0.05, 0) is 29.7 Å². The highest BCUT2D eigenvalue weighted by Gasteiger charge is 2.29. The number of rotatable bonds is 3. The lowest BCUT2D eigenvalue weighted by Gasteiger charge is -2.25. The van der Waals surface area contributed by atoms with E-state index in [1.54, 1.807) is 14.2 Å². The van der Waals surface area contributed by atoms with Gasteiger partial charge in [0.05, 0.1) is 20.1 Å². The van der Waals surface area contributed by atoms with Crippen molar-refractivity contribution in [2.45, 2.75) is 25.9 Å². The predicted octanol–water partition coefficient (Wildman–Crippen LogP) is 2.25. The number of cyclic esters (lactones) is 1. The molecule has 1 heterocycles. The number of ether oxygens (including phenoxy) is 3. The van der Waals surface area contributed by atoms with E-state index >= 15 is 0 Å². The fraction of sp³-hybridized carbons (Fsp3) is 0.462. The molecule has 4 nitrogen and oxygen atoms in total. The minimum atomic E-state index is -0.196. The van der Waals surface area contributed by atoms with Crippen molar-refractivity contribution in [3.63, 3.8) is 0 Å². The van der Waals surface area contributed by atoms with Gasteiger partial charge in [-0.15, -0.1) is 0 Å². The van der Waals surface area contributed by atoms with E-state index in [4.69, 9.17) is 14.2 Å². The molecule has 1 aliphatic heterocycles. The van der Waals surface area contributed by atoms with Crippen molar-refractivity contribution in [2.75, 3.05) is 14.2 Å². The van der Waals surface area contributed by atoms with Crippen molar-refractivity contribution in [1.82, 2.24) is 0 Å². The number of benzene rings is 1. The molecule has 17 heavy (non-hydrogen) atoms. The van der Waals surface area contributed by atoms with E-state index in [9.17, 15) is 4.79 Å². The Morgan fingerprint density at radius 3 is 2.53 bits per heavy atom. The minimum absolute atomic E-state index is 0.160. The van der Waals surface area contributed by atoms with E-state index < -0.39 is 0 Å². The molecule has 0 radical (unpaired) electrons. The smallest absolute Gasteiger partial charge is 0.313 e. The summed E-state index contributed by atoms with van der Waals surface area (Å²) in [6.45, 7) is 2.28. The fourth-order valence-corrected chi connectivity index (χ4v) is 2.15. The predicted molar refractivity (Wildman–Crippen MR) is 62.4 cm³/mol. The van der Waals surface area contributed by atoms with Crippen LogP contribution in [0, 0.1) is 0 Å². The quantitative estimate of drug-likeness (QED) is 0.755. The number of hydrogen-bond donors (Lipinski definition) is 0. The lowest BCUT2D eigenvalue weighted by atomic mass is 9.90. The zero-order valence-corrected chi connectivity index (χ0v) is 10.3. The van der Waals surface area contributed by atoms with Gasteiger partial charge in [0.25, 0.3) is 0 Å². The SMILES string of the molecule is CCC1C(=O)OCc2cc(OC)c(OC)cc21. The Bertz CT molecular complexity index is 439. The van der Waals surface area contributed by atoms with Crippen molar-refractivity contribution in [2.24, 2.45) is 0 Å². The molecule has 1 aromatic carbocycles. The van der Waals surface area contributed by atoms with Gasteiger partial charge in [-0.3, -0.25) is 4.79 Å². The molecule has 1 unspecified atom stereocenters. The molecule has 1 aliphatic rings. The molecule has 0 bridgehead atoms. The van der Waals surface area contributed by atoms with Crippen LogP contribution >= 0.6 is 0 Å². The van der Waals surface area contributed by atoms with Gasteiger partial charge in [-0.1, -0.05) is 6.92 Å².